The van der Waals surface area contributed by atoms with Crippen molar-refractivity contribution in [1.82, 2.24) is 25.0 Å². The van der Waals surface area contributed by atoms with Crippen molar-refractivity contribution in [3.05, 3.63) is 52.8 Å². The highest BCUT2D eigenvalue weighted by Crippen LogP contribution is 2.40. The molecule has 1 aliphatic carbocycles. The summed E-state index contributed by atoms with van der Waals surface area (Å²) in [6, 6.07) is 6.71. The molecule has 1 saturated heterocycles. The van der Waals surface area contributed by atoms with Gasteiger partial charge in [0.05, 0.1) is 17.6 Å². The molecule has 1 aromatic carbocycles. The van der Waals surface area contributed by atoms with E-state index in [4.69, 9.17) is 26.4 Å². The number of aryl methyl sites for hydroxylation is 2. The summed E-state index contributed by atoms with van der Waals surface area (Å²) in [5.74, 6) is 2.47. The van der Waals surface area contributed by atoms with Crippen LogP contribution >= 0.6 is 11.6 Å². The van der Waals surface area contributed by atoms with Gasteiger partial charge < -0.3 is 15.0 Å². The number of aromatic nitrogens is 5. The Labute approximate surface area is 202 Å². The lowest BCUT2D eigenvalue weighted by Gasteiger charge is -2.39. The Balaban J connectivity index is 1.17. The van der Waals surface area contributed by atoms with Crippen molar-refractivity contribution in [3.63, 3.8) is 0 Å². The van der Waals surface area contributed by atoms with Gasteiger partial charge in [-0.15, -0.1) is 5.10 Å². The predicted octanol–water partition coefficient (Wildman–Crippen LogP) is 4.41. The summed E-state index contributed by atoms with van der Waals surface area (Å²) in [5.41, 5.74) is 2.09. The molecule has 0 radical (unpaired) electrons. The highest BCUT2D eigenvalue weighted by Gasteiger charge is 2.43. The van der Waals surface area contributed by atoms with Crippen molar-refractivity contribution in [2.24, 2.45) is 11.8 Å². The lowest BCUT2D eigenvalue weighted by molar-refractivity contribution is 0.155. The zero-order valence-electron chi connectivity index (χ0n) is 19.0. The number of benzene rings is 1. The van der Waals surface area contributed by atoms with Gasteiger partial charge in [0.2, 0.25) is 5.95 Å². The normalized spacial score (nSPS) is 25.8. The SMILES string of the molecule is Cc1cc(N2C[C@H]3CC[C@@H](C2)[C@@H]3Nc2nc3n(n2)CCC[C@@H]3Oc2cc(F)cc(Cl)c2)cnn1. The lowest BCUT2D eigenvalue weighted by Crippen LogP contribution is -2.48. The van der Waals surface area contributed by atoms with Crippen molar-refractivity contribution < 1.29 is 9.13 Å². The molecule has 2 aliphatic heterocycles. The highest BCUT2D eigenvalue weighted by atomic mass is 35.5. The first-order valence-corrected chi connectivity index (χ1v) is 12.3. The third-order valence-electron chi connectivity index (χ3n) is 7.20. The summed E-state index contributed by atoms with van der Waals surface area (Å²) in [5, 5.41) is 16.9. The second-order valence-corrected chi connectivity index (χ2v) is 10.0. The average Bonchev–Trinajstić information content (AvgIpc) is 3.30. The van der Waals surface area contributed by atoms with Crippen LogP contribution in [0.15, 0.2) is 30.5 Å². The van der Waals surface area contributed by atoms with Crippen LogP contribution in [-0.4, -0.2) is 44.1 Å². The van der Waals surface area contributed by atoms with E-state index in [-0.39, 0.29) is 6.10 Å². The number of nitrogens with one attached hydrogen (secondary N) is 1. The monoisotopic (exact) mass is 483 g/mol. The van der Waals surface area contributed by atoms with Crippen LogP contribution in [0, 0.1) is 24.6 Å². The lowest BCUT2D eigenvalue weighted by atomic mass is 9.92. The maximum Gasteiger partial charge on any atom is 0.242 e. The second kappa shape index (κ2) is 8.69. The maximum atomic E-state index is 13.8. The molecule has 0 amide bonds. The number of anilines is 2. The Bertz CT molecular complexity index is 1170. The molecule has 3 aliphatic rings. The van der Waals surface area contributed by atoms with Gasteiger partial charge in [-0.2, -0.15) is 15.2 Å². The maximum absolute atomic E-state index is 13.8. The smallest absolute Gasteiger partial charge is 0.242 e. The van der Waals surface area contributed by atoms with Gasteiger partial charge in [-0.1, -0.05) is 11.6 Å². The van der Waals surface area contributed by atoms with Gasteiger partial charge in [0.15, 0.2) is 11.9 Å². The number of rotatable bonds is 5. The van der Waals surface area contributed by atoms with Crippen LogP contribution in [0.5, 0.6) is 5.75 Å². The van der Waals surface area contributed by atoms with Crippen LogP contribution in [0.4, 0.5) is 16.0 Å². The zero-order chi connectivity index (χ0) is 23.2. The Morgan fingerprint density at radius 2 is 1.94 bits per heavy atom. The van der Waals surface area contributed by atoms with Gasteiger partial charge in [0, 0.05) is 36.8 Å². The molecule has 1 N–H and O–H groups in total. The molecular weight excluding hydrogens is 457 g/mol. The molecule has 8 nitrogen and oxygen atoms in total. The van der Waals surface area contributed by atoms with E-state index in [1.54, 1.807) is 6.07 Å². The van der Waals surface area contributed by atoms with Crippen molar-refractivity contribution in [2.75, 3.05) is 23.3 Å². The highest BCUT2D eigenvalue weighted by molar-refractivity contribution is 6.30. The first-order valence-electron chi connectivity index (χ1n) is 11.9. The number of nitrogens with zero attached hydrogens (tertiary/aromatic N) is 6. The van der Waals surface area contributed by atoms with E-state index in [1.165, 1.54) is 25.0 Å². The van der Waals surface area contributed by atoms with Gasteiger partial charge >= 0.3 is 0 Å². The first-order chi connectivity index (χ1) is 16.5. The van der Waals surface area contributed by atoms with Crippen LogP contribution in [0.3, 0.4) is 0 Å². The third-order valence-corrected chi connectivity index (χ3v) is 7.41. The predicted molar refractivity (Wildman–Crippen MR) is 127 cm³/mol. The van der Waals surface area contributed by atoms with E-state index < -0.39 is 5.82 Å². The molecule has 2 fully saturated rings. The third kappa shape index (κ3) is 4.17. The molecule has 178 valence electrons. The topological polar surface area (TPSA) is 81.0 Å². The Morgan fingerprint density at radius 1 is 1.12 bits per heavy atom. The Morgan fingerprint density at radius 3 is 2.71 bits per heavy atom. The largest absolute Gasteiger partial charge is 0.482 e. The fraction of sp³-hybridized carbons (Fsp3) is 0.500. The number of fused-ring (bicyclic) bond motifs is 3. The standard InChI is InChI=1S/C24H27ClFN7O/c1-14-7-19(11-27-30-14)32-12-15-4-5-16(13-32)22(15)28-24-29-23-21(3-2-6-33(23)31-24)34-20-9-17(25)8-18(26)10-20/h7-11,15-16,21-22H,2-6,12-13H2,1H3,(H,28,31)/t15-,16+,21-,22-/m0/s1. The first kappa shape index (κ1) is 21.6. The second-order valence-electron chi connectivity index (χ2n) is 9.60. The minimum atomic E-state index is -0.415. The van der Waals surface area contributed by atoms with Gasteiger partial charge in [0.25, 0.3) is 0 Å². The molecule has 0 unspecified atom stereocenters. The fourth-order valence-corrected chi connectivity index (χ4v) is 5.91. The van der Waals surface area contributed by atoms with Gasteiger partial charge in [0.1, 0.15) is 11.6 Å². The van der Waals surface area contributed by atoms with Crippen LogP contribution in [-0.2, 0) is 6.54 Å². The summed E-state index contributed by atoms with van der Waals surface area (Å²) in [4.78, 5) is 7.24. The van der Waals surface area contributed by atoms with E-state index in [0.717, 1.165) is 49.7 Å². The molecule has 2 aromatic heterocycles. The summed E-state index contributed by atoms with van der Waals surface area (Å²) in [6.07, 6.45) is 5.68. The number of hydrogen-bond donors (Lipinski definition) is 1. The molecule has 34 heavy (non-hydrogen) atoms. The Hall–Kier alpha value is -2.94. The molecule has 2 bridgehead atoms. The fourth-order valence-electron chi connectivity index (χ4n) is 5.70. The number of halogens is 2. The van der Waals surface area contributed by atoms with E-state index in [1.807, 2.05) is 17.8 Å². The number of ether oxygens (including phenoxy) is 1. The minimum Gasteiger partial charge on any atom is -0.482 e. The molecular formula is C24H27ClFN7O. The molecule has 0 spiro atoms. The quantitative estimate of drug-likeness (QED) is 0.575. The van der Waals surface area contributed by atoms with Crippen LogP contribution in [0.1, 0.15) is 43.3 Å². The van der Waals surface area contributed by atoms with Crippen molar-refractivity contribution in [2.45, 2.75) is 51.3 Å². The van der Waals surface area contributed by atoms with Crippen LogP contribution in [0.2, 0.25) is 5.02 Å². The van der Waals surface area contributed by atoms with Gasteiger partial charge in [-0.05, 0) is 62.6 Å². The minimum absolute atomic E-state index is 0.282. The number of piperidine rings is 1. The summed E-state index contributed by atoms with van der Waals surface area (Å²) in [7, 11) is 0. The summed E-state index contributed by atoms with van der Waals surface area (Å²) in [6.45, 7) is 4.75. The van der Waals surface area contributed by atoms with E-state index in [0.29, 0.717) is 34.6 Å². The van der Waals surface area contributed by atoms with Gasteiger partial charge in [-0.25, -0.2) is 9.07 Å². The van der Waals surface area contributed by atoms with E-state index >= 15 is 0 Å². The van der Waals surface area contributed by atoms with Crippen molar-refractivity contribution in [3.8, 4) is 5.75 Å². The molecule has 4 atom stereocenters. The molecule has 1 saturated carbocycles. The summed E-state index contributed by atoms with van der Waals surface area (Å²) < 4.78 is 21.8. The Kier molecular flexibility index (Phi) is 5.51. The van der Waals surface area contributed by atoms with Crippen molar-refractivity contribution in [1.29, 1.82) is 0 Å². The van der Waals surface area contributed by atoms with Crippen LogP contribution < -0.4 is 15.0 Å². The zero-order valence-corrected chi connectivity index (χ0v) is 19.7. The molecule has 10 heteroatoms. The number of hydrogen-bond acceptors (Lipinski definition) is 7. The van der Waals surface area contributed by atoms with E-state index in [2.05, 4.69) is 26.5 Å². The van der Waals surface area contributed by atoms with Crippen LogP contribution in [0.25, 0.3) is 0 Å². The summed E-state index contributed by atoms with van der Waals surface area (Å²) >= 11 is 6.00. The molecule has 4 heterocycles. The van der Waals surface area contributed by atoms with Crippen molar-refractivity contribution >= 4 is 23.2 Å². The van der Waals surface area contributed by atoms with E-state index in [9.17, 15) is 4.39 Å². The molecule has 6 rings (SSSR count). The average molecular weight is 484 g/mol. The molecule has 3 aromatic rings. The van der Waals surface area contributed by atoms with Gasteiger partial charge in [-0.3, -0.25) is 0 Å².